The summed E-state index contributed by atoms with van der Waals surface area (Å²) in [4.78, 5) is 33.2. The zero-order valence-corrected chi connectivity index (χ0v) is 14.9. The molecule has 0 spiro atoms. The molecule has 8 nitrogen and oxygen atoms in total. The highest BCUT2D eigenvalue weighted by molar-refractivity contribution is 5.86. The van der Waals surface area contributed by atoms with Crippen LogP contribution in [0.25, 0.3) is 11.5 Å². The van der Waals surface area contributed by atoms with Crippen molar-refractivity contribution in [1.82, 2.24) is 14.9 Å². The maximum atomic E-state index is 12.3. The van der Waals surface area contributed by atoms with Gasteiger partial charge in [-0.15, -0.1) is 0 Å². The van der Waals surface area contributed by atoms with Crippen LogP contribution in [0.4, 0.5) is 4.79 Å². The third-order valence-electron chi connectivity index (χ3n) is 4.42. The average Bonchev–Trinajstić information content (AvgIpc) is 3.16. The van der Waals surface area contributed by atoms with E-state index in [1.807, 2.05) is 30.3 Å². The van der Waals surface area contributed by atoms with Gasteiger partial charge in [-0.05, 0) is 17.7 Å². The first-order valence-corrected chi connectivity index (χ1v) is 8.74. The molecule has 1 aliphatic heterocycles. The first-order valence-electron chi connectivity index (χ1n) is 8.74. The molecule has 142 valence electrons. The number of ether oxygens (including phenoxy) is 1. The van der Waals surface area contributed by atoms with E-state index in [1.54, 1.807) is 11.0 Å². The number of hydrogen-bond donors (Lipinski definition) is 1. The molecule has 1 N–H and O–H groups in total. The van der Waals surface area contributed by atoms with Crippen LogP contribution in [-0.4, -0.2) is 38.6 Å². The summed E-state index contributed by atoms with van der Waals surface area (Å²) < 4.78 is 11.1. The predicted molar refractivity (Wildman–Crippen MR) is 97.4 cm³/mol. The van der Waals surface area contributed by atoms with Crippen LogP contribution in [0.3, 0.4) is 0 Å². The van der Waals surface area contributed by atoms with Crippen molar-refractivity contribution in [2.75, 3.05) is 6.54 Å². The van der Waals surface area contributed by atoms with E-state index in [0.717, 1.165) is 5.56 Å². The SMILES string of the molecule is O=C(O)c1cc(-c2nc3c(o2)CCN(C(=O)OCc2ccccc2)C3)ccn1. The molecule has 3 aromatic rings. The lowest BCUT2D eigenvalue weighted by atomic mass is 10.2. The largest absolute Gasteiger partial charge is 0.477 e. The zero-order valence-electron chi connectivity index (χ0n) is 14.9. The van der Waals surface area contributed by atoms with Crippen LogP contribution >= 0.6 is 0 Å². The summed E-state index contributed by atoms with van der Waals surface area (Å²) in [5.74, 6) is -0.115. The molecular weight excluding hydrogens is 362 g/mol. The van der Waals surface area contributed by atoms with Gasteiger partial charge in [0.05, 0.1) is 6.54 Å². The molecule has 8 heteroatoms. The monoisotopic (exact) mass is 379 g/mol. The van der Waals surface area contributed by atoms with Gasteiger partial charge in [0.1, 0.15) is 23.8 Å². The van der Waals surface area contributed by atoms with Crippen LogP contribution in [0.5, 0.6) is 0 Å². The molecule has 1 amide bonds. The van der Waals surface area contributed by atoms with Crippen LogP contribution in [0, 0.1) is 0 Å². The minimum Gasteiger partial charge on any atom is -0.477 e. The summed E-state index contributed by atoms with van der Waals surface area (Å²) >= 11 is 0. The number of aromatic nitrogens is 2. The molecule has 0 atom stereocenters. The number of rotatable bonds is 4. The number of carboxylic acid groups (broad SMARTS) is 1. The Hall–Kier alpha value is -3.68. The van der Waals surface area contributed by atoms with Gasteiger partial charge in [-0.1, -0.05) is 30.3 Å². The van der Waals surface area contributed by atoms with Crippen LogP contribution in [-0.2, 0) is 24.3 Å². The lowest BCUT2D eigenvalue weighted by Gasteiger charge is -2.24. The first kappa shape index (κ1) is 17.7. The molecule has 2 aromatic heterocycles. The fourth-order valence-corrected chi connectivity index (χ4v) is 2.97. The standard InChI is InChI=1S/C20H17N3O5/c24-19(25)15-10-14(6-8-21-15)18-22-16-11-23(9-7-17(16)28-18)20(26)27-12-13-4-2-1-3-5-13/h1-6,8,10H,7,9,11-12H2,(H,24,25). The van der Waals surface area contributed by atoms with Crippen molar-refractivity contribution in [3.8, 4) is 11.5 Å². The molecule has 0 saturated carbocycles. The number of aromatic carboxylic acids is 1. The first-order chi connectivity index (χ1) is 13.6. The number of fused-ring (bicyclic) bond motifs is 1. The van der Waals surface area contributed by atoms with Gasteiger partial charge in [0, 0.05) is 24.7 Å². The van der Waals surface area contributed by atoms with Crippen LogP contribution in [0.15, 0.2) is 53.1 Å². The molecule has 0 aliphatic carbocycles. The minimum atomic E-state index is -1.12. The van der Waals surface area contributed by atoms with Gasteiger partial charge < -0.3 is 19.2 Å². The molecule has 28 heavy (non-hydrogen) atoms. The number of hydrogen-bond acceptors (Lipinski definition) is 6. The summed E-state index contributed by atoms with van der Waals surface area (Å²) in [6.45, 7) is 0.956. The second-order valence-corrected chi connectivity index (χ2v) is 6.34. The number of nitrogens with zero attached hydrogens (tertiary/aromatic N) is 3. The van der Waals surface area contributed by atoms with Gasteiger partial charge in [-0.2, -0.15) is 0 Å². The Bertz CT molecular complexity index is 1020. The van der Waals surface area contributed by atoms with Crippen molar-refractivity contribution in [1.29, 1.82) is 0 Å². The third kappa shape index (κ3) is 3.71. The molecule has 0 saturated heterocycles. The topological polar surface area (TPSA) is 106 Å². The molecule has 0 radical (unpaired) electrons. The van der Waals surface area contributed by atoms with E-state index in [0.29, 0.717) is 35.9 Å². The molecular formula is C20H17N3O5. The van der Waals surface area contributed by atoms with Gasteiger partial charge in [-0.25, -0.2) is 19.6 Å². The van der Waals surface area contributed by atoms with Crippen molar-refractivity contribution >= 4 is 12.1 Å². The van der Waals surface area contributed by atoms with E-state index >= 15 is 0 Å². The molecule has 4 rings (SSSR count). The zero-order chi connectivity index (χ0) is 19.5. The average molecular weight is 379 g/mol. The molecule has 3 heterocycles. The normalized spacial score (nSPS) is 13.1. The van der Waals surface area contributed by atoms with Crippen molar-refractivity contribution in [3.63, 3.8) is 0 Å². The molecule has 1 aromatic carbocycles. The van der Waals surface area contributed by atoms with Gasteiger partial charge in [0.15, 0.2) is 0 Å². The number of pyridine rings is 1. The van der Waals surface area contributed by atoms with Crippen molar-refractivity contribution in [3.05, 3.63) is 71.4 Å². The van der Waals surface area contributed by atoms with Crippen molar-refractivity contribution in [2.24, 2.45) is 0 Å². The lowest BCUT2D eigenvalue weighted by molar-refractivity contribution is 0.0690. The second kappa shape index (κ2) is 7.51. The van der Waals surface area contributed by atoms with E-state index in [9.17, 15) is 9.59 Å². The molecule has 0 fully saturated rings. The molecule has 1 aliphatic rings. The van der Waals surface area contributed by atoms with Crippen molar-refractivity contribution < 1.29 is 23.8 Å². The minimum absolute atomic E-state index is 0.0835. The molecule has 0 bridgehead atoms. The Morgan fingerprint density at radius 2 is 2.04 bits per heavy atom. The highest BCUT2D eigenvalue weighted by Gasteiger charge is 2.27. The maximum Gasteiger partial charge on any atom is 0.410 e. The number of carbonyl (C=O) groups excluding carboxylic acids is 1. The van der Waals surface area contributed by atoms with E-state index in [1.165, 1.54) is 12.3 Å². The number of amides is 1. The Balaban J connectivity index is 1.45. The fraction of sp³-hybridized carbons (Fsp3) is 0.200. The number of benzene rings is 1. The highest BCUT2D eigenvalue weighted by atomic mass is 16.6. The lowest BCUT2D eigenvalue weighted by Crippen LogP contribution is -2.36. The van der Waals surface area contributed by atoms with E-state index < -0.39 is 12.1 Å². The summed E-state index contributed by atoms with van der Waals surface area (Å²) in [6.07, 6.45) is 1.51. The fourth-order valence-electron chi connectivity index (χ4n) is 2.97. The van der Waals surface area contributed by atoms with Crippen LogP contribution in [0.1, 0.15) is 27.5 Å². The number of oxazole rings is 1. The van der Waals surface area contributed by atoms with E-state index in [2.05, 4.69) is 9.97 Å². The smallest absolute Gasteiger partial charge is 0.410 e. The maximum absolute atomic E-state index is 12.3. The highest BCUT2D eigenvalue weighted by Crippen LogP contribution is 2.26. The summed E-state index contributed by atoms with van der Waals surface area (Å²) in [5.41, 5.74) is 2.01. The quantitative estimate of drug-likeness (QED) is 0.742. The van der Waals surface area contributed by atoms with Crippen LogP contribution in [0.2, 0.25) is 0 Å². The Morgan fingerprint density at radius 1 is 1.21 bits per heavy atom. The second-order valence-electron chi connectivity index (χ2n) is 6.34. The number of carboxylic acids is 1. The summed E-state index contributed by atoms with van der Waals surface area (Å²) in [5, 5.41) is 9.08. The van der Waals surface area contributed by atoms with Gasteiger partial charge >= 0.3 is 12.1 Å². The Labute approximate surface area is 160 Å². The summed E-state index contributed by atoms with van der Waals surface area (Å²) in [6, 6.07) is 12.5. The third-order valence-corrected chi connectivity index (χ3v) is 4.42. The number of carbonyl (C=O) groups is 2. The predicted octanol–water partition coefficient (Wildman–Crippen LogP) is 3.13. The Morgan fingerprint density at radius 3 is 2.82 bits per heavy atom. The van der Waals surface area contributed by atoms with Gasteiger partial charge in [0.25, 0.3) is 0 Å². The van der Waals surface area contributed by atoms with E-state index in [-0.39, 0.29) is 18.8 Å². The van der Waals surface area contributed by atoms with E-state index in [4.69, 9.17) is 14.3 Å². The summed E-state index contributed by atoms with van der Waals surface area (Å²) in [7, 11) is 0. The molecule has 0 unspecified atom stereocenters. The van der Waals surface area contributed by atoms with Crippen LogP contribution < -0.4 is 0 Å². The van der Waals surface area contributed by atoms with Crippen molar-refractivity contribution in [2.45, 2.75) is 19.6 Å². The van der Waals surface area contributed by atoms with Gasteiger partial charge in [-0.3, -0.25) is 0 Å². The Kier molecular flexibility index (Phi) is 4.76. The van der Waals surface area contributed by atoms with Gasteiger partial charge in [0.2, 0.25) is 5.89 Å².